The number of nitrogens with two attached hydrogens (primary N) is 1. The maximum absolute atomic E-state index is 12.6. The van der Waals surface area contributed by atoms with Crippen LogP contribution in [0.25, 0.3) is 0 Å². The van der Waals surface area contributed by atoms with Gasteiger partial charge in [-0.2, -0.15) is 5.10 Å². The lowest BCUT2D eigenvalue weighted by molar-refractivity contribution is 0.102. The molecule has 0 spiro atoms. The Labute approximate surface area is 152 Å². The predicted molar refractivity (Wildman–Crippen MR) is 98.6 cm³/mol. The van der Waals surface area contributed by atoms with Gasteiger partial charge in [-0.05, 0) is 62.6 Å². The lowest BCUT2D eigenvalue weighted by Crippen LogP contribution is -2.32. The van der Waals surface area contributed by atoms with Crippen molar-refractivity contribution in [2.24, 2.45) is 5.14 Å². The number of piperidine rings is 1. The highest BCUT2D eigenvalue weighted by Gasteiger charge is 2.19. The second-order valence-electron chi connectivity index (χ2n) is 6.59. The van der Waals surface area contributed by atoms with Crippen molar-refractivity contribution in [1.82, 2.24) is 15.1 Å². The number of hydrogen-bond donors (Lipinski definition) is 3. The summed E-state index contributed by atoms with van der Waals surface area (Å²) in [4.78, 5) is 12.5. The number of rotatable bonds is 4. The van der Waals surface area contributed by atoms with E-state index in [4.69, 9.17) is 5.14 Å². The number of carbonyl (C=O) groups is 1. The molecule has 0 bridgehead atoms. The molecule has 8 nitrogen and oxygen atoms in total. The van der Waals surface area contributed by atoms with E-state index in [9.17, 15) is 13.2 Å². The van der Waals surface area contributed by atoms with E-state index in [1.165, 1.54) is 12.1 Å². The van der Waals surface area contributed by atoms with Crippen LogP contribution in [0.3, 0.4) is 0 Å². The molecule has 1 aliphatic heterocycles. The average molecular weight is 377 g/mol. The summed E-state index contributed by atoms with van der Waals surface area (Å²) in [5, 5.41) is 15.6. The van der Waals surface area contributed by atoms with Gasteiger partial charge in [0.25, 0.3) is 5.91 Å². The number of carbonyl (C=O) groups excluding carboxylic acids is 1. The topological polar surface area (TPSA) is 119 Å². The van der Waals surface area contributed by atoms with Crippen LogP contribution in [0.15, 0.2) is 29.3 Å². The van der Waals surface area contributed by atoms with Crippen LogP contribution in [-0.2, 0) is 10.0 Å². The summed E-state index contributed by atoms with van der Waals surface area (Å²) in [5.74, 6) is -0.387. The van der Waals surface area contributed by atoms with E-state index in [2.05, 4.69) is 15.7 Å². The summed E-state index contributed by atoms with van der Waals surface area (Å²) < 4.78 is 25.1. The third kappa shape index (κ3) is 3.95. The SMILES string of the molecule is Cc1cc(S(N)(=O)=O)cc(NC(=O)c2ccn(C3CCCNC3)n2)c1C. The van der Waals surface area contributed by atoms with E-state index in [1.807, 2.05) is 6.92 Å². The van der Waals surface area contributed by atoms with Crippen LogP contribution < -0.4 is 15.8 Å². The molecule has 2 heterocycles. The number of aromatic nitrogens is 2. The van der Waals surface area contributed by atoms with Crippen molar-refractivity contribution in [2.45, 2.75) is 37.6 Å². The van der Waals surface area contributed by atoms with Crippen molar-refractivity contribution in [3.05, 3.63) is 41.2 Å². The van der Waals surface area contributed by atoms with Crippen molar-refractivity contribution in [1.29, 1.82) is 0 Å². The molecule has 1 aromatic heterocycles. The molecule has 1 aliphatic rings. The molecule has 9 heteroatoms. The molecule has 1 aromatic carbocycles. The normalized spacial score (nSPS) is 17.9. The van der Waals surface area contributed by atoms with Gasteiger partial charge in [0, 0.05) is 18.4 Å². The predicted octanol–water partition coefficient (Wildman–Crippen LogP) is 1.32. The van der Waals surface area contributed by atoms with Crippen LogP contribution >= 0.6 is 0 Å². The fraction of sp³-hybridized carbons (Fsp3) is 0.412. The van der Waals surface area contributed by atoms with Crippen molar-refractivity contribution in [2.75, 3.05) is 18.4 Å². The maximum Gasteiger partial charge on any atom is 0.276 e. The molecule has 0 saturated carbocycles. The highest BCUT2D eigenvalue weighted by molar-refractivity contribution is 7.89. The second-order valence-corrected chi connectivity index (χ2v) is 8.15. The molecule has 1 saturated heterocycles. The van der Waals surface area contributed by atoms with Gasteiger partial charge in [0.15, 0.2) is 5.69 Å². The van der Waals surface area contributed by atoms with E-state index in [-0.39, 0.29) is 22.5 Å². The van der Waals surface area contributed by atoms with Crippen molar-refractivity contribution in [3.8, 4) is 0 Å². The molecule has 26 heavy (non-hydrogen) atoms. The zero-order valence-corrected chi connectivity index (χ0v) is 15.6. The fourth-order valence-corrected chi connectivity index (χ4v) is 3.65. The molecule has 0 radical (unpaired) electrons. The first kappa shape index (κ1) is 18.6. The van der Waals surface area contributed by atoms with Gasteiger partial charge in [0.2, 0.25) is 10.0 Å². The Bertz CT molecular complexity index is 930. The third-order valence-corrected chi connectivity index (χ3v) is 5.60. The van der Waals surface area contributed by atoms with Crippen LogP contribution in [0.2, 0.25) is 0 Å². The maximum atomic E-state index is 12.6. The Hall–Kier alpha value is -2.23. The highest BCUT2D eigenvalue weighted by atomic mass is 32.2. The number of hydrogen-bond acceptors (Lipinski definition) is 5. The van der Waals surface area contributed by atoms with E-state index < -0.39 is 10.0 Å². The standard InChI is InChI=1S/C17H23N5O3S/c1-11-8-14(26(18,24)25)9-16(12(11)2)20-17(23)15-5-7-22(21-15)13-4-3-6-19-10-13/h5,7-9,13,19H,3-4,6,10H2,1-2H3,(H,20,23)(H2,18,24,25). The van der Waals surface area contributed by atoms with Gasteiger partial charge in [-0.15, -0.1) is 0 Å². The van der Waals surface area contributed by atoms with E-state index in [0.717, 1.165) is 37.1 Å². The average Bonchev–Trinajstić information content (AvgIpc) is 3.09. The lowest BCUT2D eigenvalue weighted by atomic mass is 10.1. The van der Waals surface area contributed by atoms with E-state index >= 15 is 0 Å². The largest absolute Gasteiger partial charge is 0.320 e. The van der Waals surface area contributed by atoms with Gasteiger partial charge in [-0.25, -0.2) is 13.6 Å². The Kier molecular flexibility index (Phi) is 5.12. The first-order valence-corrected chi connectivity index (χ1v) is 10.0. The number of nitrogens with zero attached hydrogens (tertiary/aromatic N) is 2. The molecule has 4 N–H and O–H groups in total. The lowest BCUT2D eigenvalue weighted by Gasteiger charge is -2.22. The van der Waals surface area contributed by atoms with Crippen LogP contribution in [0.1, 0.15) is 40.5 Å². The van der Waals surface area contributed by atoms with Crippen molar-refractivity contribution < 1.29 is 13.2 Å². The Morgan fingerprint density at radius 1 is 1.38 bits per heavy atom. The summed E-state index contributed by atoms with van der Waals surface area (Å²) in [7, 11) is -3.85. The second kappa shape index (κ2) is 7.18. The number of amides is 1. The van der Waals surface area contributed by atoms with Gasteiger partial charge in [-0.1, -0.05) is 0 Å². The molecule has 3 rings (SSSR count). The van der Waals surface area contributed by atoms with Gasteiger partial charge in [0.05, 0.1) is 10.9 Å². The number of anilines is 1. The zero-order valence-electron chi connectivity index (χ0n) is 14.8. The molecule has 1 atom stereocenters. The molecule has 1 amide bonds. The third-order valence-electron chi connectivity index (χ3n) is 4.70. The smallest absolute Gasteiger partial charge is 0.276 e. The summed E-state index contributed by atoms with van der Waals surface area (Å²) in [6, 6.07) is 4.76. The summed E-state index contributed by atoms with van der Waals surface area (Å²) >= 11 is 0. The first-order chi connectivity index (χ1) is 12.3. The minimum Gasteiger partial charge on any atom is -0.320 e. The zero-order chi connectivity index (χ0) is 18.9. The van der Waals surface area contributed by atoms with Crippen molar-refractivity contribution >= 4 is 21.6 Å². The Morgan fingerprint density at radius 3 is 2.81 bits per heavy atom. The number of aryl methyl sites for hydroxylation is 1. The van der Waals surface area contributed by atoms with Crippen LogP contribution in [0.5, 0.6) is 0 Å². The molecule has 0 aliphatic carbocycles. The minimum atomic E-state index is -3.85. The Morgan fingerprint density at radius 2 is 2.15 bits per heavy atom. The Balaban J connectivity index is 1.82. The van der Waals surface area contributed by atoms with Gasteiger partial charge in [0.1, 0.15) is 0 Å². The molecule has 2 aromatic rings. The minimum absolute atomic E-state index is 0.0327. The number of sulfonamides is 1. The fourth-order valence-electron chi connectivity index (χ4n) is 3.03. The molecule has 140 valence electrons. The molecule has 1 unspecified atom stereocenters. The summed E-state index contributed by atoms with van der Waals surface area (Å²) in [6.45, 7) is 5.41. The van der Waals surface area contributed by atoms with E-state index in [1.54, 1.807) is 23.9 Å². The van der Waals surface area contributed by atoms with Crippen LogP contribution in [0, 0.1) is 13.8 Å². The van der Waals surface area contributed by atoms with Crippen LogP contribution in [0.4, 0.5) is 5.69 Å². The first-order valence-electron chi connectivity index (χ1n) is 8.47. The molecular formula is C17H23N5O3S. The highest BCUT2D eigenvalue weighted by Crippen LogP contribution is 2.24. The van der Waals surface area contributed by atoms with E-state index in [0.29, 0.717) is 5.69 Å². The molecular weight excluding hydrogens is 354 g/mol. The monoisotopic (exact) mass is 377 g/mol. The number of benzene rings is 1. The van der Waals surface area contributed by atoms with Gasteiger partial charge in [-0.3, -0.25) is 9.48 Å². The summed E-state index contributed by atoms with van der Waals surface area (Å²) in [5.41, 5.74) is 2.20. The number of primary sulfonamides is 1. The van der Waals surface area contributed by atoms with Crippen molar-refractivity contribution in [3.63, 3.8) is 0 Å². The number of nitrogens with one attached hydrogen (secondary N) is 2. The molecule has 1 fully saturated rings. The quantitative estimate of drug-likeness (QED) is 0.742. The van der Waals surface area contributed by atoms with Gasteiger partial charge >= 0.3 is 0 Å². The summed E-state index contributed by atoms with van der Waals surface area (Å²) in [6.07, 6.45) is 3.89. The van der Waals surface area contributed by atoms with Crippen LogP contribution in [-0.4, -0.2) is 37.2 Å². The van der Waals surface area contributed by atoms with Gasteiger partial charge < -0.3 is 10.6 Å².